The molecule has 0 amide bonds. The summed E-state index contributed by atoms with van der Waals surface area (Å²) in [6.45, 7) is 4.18. The molecule has 28 heavy (non-hydrogen) atoms. The molecule has 0 unspecified atom stereocenters. The van der Waals surface area contributed by atoms with Gasteiger partial charge in [0.25, 0.3) is 5.56 Å². The second-order valence-corrected chi connectivity index (χ2v) is 8.58. The van der Waals surface area contributed by atoms with Crippen LogP contribution in [0.2, 0.25) is 0 Å². The molecule has 1 N–H and O–H groups in total. The molecular formula is C25H45NO2. The molecule has 0 aliphatic heterocycles. The van der Waals surface area contributed by atoms with Crippen LogP contribution in [-0.4, -0.2) is 9.94 Å². The zero-order chi connectivity index (χ0) is 20.5. The first-order valence-electron chi connectivity index (χ1n) is 12.1. The van der Waals surface area contributed by atoms with Gasteiger partial charge in [-0.2, -0.15) is 4.73 Å². The molecule has 1 aromatic heterocycles. The van der Waals surface area contributed by atoms with Crippen molar-refractivity contribution in [2.45, 2.75) is 129 Å². The Labute approximate surface area is 173 Å². The van der Waals surface area contributed by atoms with Crippen molar-refractivity contribution < 1.29 is 5.21 Å². The van der Waals surface area contributed by atoms with Crippen LogP contribution in [0.1, 0.15) is 127 Å². The summed E-state index contributed by atoms with van der Waals surface area (Å²) in [6, 6.07) is 3.38. The van der Waals surface area contributed by atoms with Crippen molar-refractivity contribution in [3.05, 3.63) is 33.7 Å². The largest absolute Gasteiger partial charge is 0.425 e. The van der Waals surface area contributed by atoms with E-state index in [1.54, 1.807) is 0 Å². The Morgan fingerprint density at radius 2 is 1.07 bits per heavy atom. The summed E-state index contributed by atoms with van der Waals surface area (Å²) in [5, 5.41) is 9.76. The summed E-state index contributed by atoms with van der Waals surface area (Å²) in [5.41, 5.74) is 1.35. The van der Waals surface area contributed by atoms with Crippen LogP contribution in [0.25, 0.3) is 0 Å². The molecule has 0 spiro atoms. The van der Waals surface area contributed by atoms with E-state index in [2.05, 4.69) is 6.92 Å². The standard InChI is InChI=1S/C25H45NO2/c1-3-4-5-6-7-8-9-10-11-12-13-14-15-16-17-18-19-20-24-21-23(2)22-25(27)26(24)28/h21-22,28H,3-20H2,1-2H3. The van der Waals surface area contributed by atoms with Crippen LogP contribution in [0.5, 0.6) is 0 Å². The lowest BCUT2D eigenvalue weighted by Crippen LogP contribution is -2.20. The number of unbranched alkanes of at least 4 members (excludes halogenated alkanes) is 16. The highest BCUT2D eigenvalue weighted by atomic mass is 16.5. The number of hydrogen-bond donors (Lipinski definition) is 1. The molecule has 0 saturated heterocycles. The third-order valence-corrected chi connectivity index (χ3v) is 5.76. The van der Waals surface area contributed by atoms with E-state index in [0.717, 1.165) is 28.8 Å². The van der Waals surface area contributed by atoms with Gasteiger partial charge >= 0.3 is 0 Å². The van der Waals surface area contributed by atoms with Gasteiger partial charge in [-0.3, -0.25) is 4.79 Å². The maximum absolute atomic E-state index is 11.6. The van der Waals surface area contributed by atoms with Crippen molar-refractivity contribution in [3.63, 3.8) is 0 Å². The fourth-order valence-electron chi connectivity index (χ4n) is 3.97. The van der Waals surface area contributed by atoms with Crippen molar-refractivity contribution in [1.29, 1.82) is 0 Å². The number of aromatic nitrogens is 1. The Hall–Kier alpha value is -1.25. The van der Waals surface area contributed by atoms with Crippen LogP contribution in [0, 0.1) is 6.92 Å². The van der Waals surface area contributed by atoms with Gasteiger partial charge in [0.05, 0.1) is 5.69 Å². The van der Waals surface area contributed by atoms with E-state index in [-0.39, 0.29) is 5.56 Å². The summed E-state index contributed by atoms with van der Waals surface area (Å²) in [5.74, 6) is 0. The summed E-state index contributed by atoms with van der Waals surface area (Å²) in [6.07, 6.45) is 24.0. The minimum atomic E-state index is -0.318. The van der Waals surface area contributed by atoms with Gasteiger partial charge < -0.3 is 5.21 Å². The first-order valence-corrected chi connectivity index (χ1v) is 12.1. The molecule has 3 nitrogen and oxygen atoms in total. The zero-order valence-electron chi connectivity index (χ0n) is 18.7. The maximum Gasteiger partial charge on any atom is 0.283 e. The van der Waals surface area contributed by atoms with Crippen molar-refractivity contribution in [1.82, 2.24) is 4.73 Å². The highest BCUT2D eigenvalue weighted by molar-refractivity contribution is 5.15. The normalized spacial score (nSPS) is 11.2. The Morgan fingerprint density at radius 3 is 1.50 bits per heavy atom. The van der Waals surface area contributed by atoms with Crippen LogP contribution >= 0.6 is 0 Å². The van der Waals surface area contributed by atoms with Crippen LogP contribution in [0.15, 0.2) is 16.9 Å². The molecule has 3 heteroatoms. The van der Waals surface area contributed by atoms with E-state index in [0.29, 0.717) is 0 Å². The van der Waals surface area contributed by atoms with E-state index in [1.807, 2.05) is 13.0 Å². The topological polar surface area (TPSA) is 42.2 Å². The first kappa shape index (κ1) is 24.8. The number of hydrogen-bond acceptors (Lipinski definition) is 2. The summed E-state index contributed by atoms with van der Waals surface area (Å²) < 4.78 is 0.805. The summed E-state index contributed by atoms with van der Waals surface area (Å²) in [4.78, 5) is 11.6. The molecule has 162 valence electrons. The molecule has 0 radical (unpaired) electrons. The second kappa shape index (κ2) is 16.7. The van der Waals surface area contributed by atoms with Crippen molar-refractivity contribution >= 4 is 0 Å². The van der Waals surface area contributed by atoms with Gasteiger partial charge in [-0.05, 0) is 31.4 Å². The van der Waals surface area contributed by atoms with E-state index in [1.165, 1.54) is 109 Å². The molecule has 1 rings (SSSR count). The number of rotatable bonds is 18. The van der Waals surface area contributed by atoms with Crippen molar-refractivity contribution in [3.8, 4) is 0 Å². The predicted octanol–water partition coefficient (Wildman–Crippen LogP) is 7.59. The van der Waals surface area contributed by atoms with Gasteiger partial charge in [0, 0.05) is 6.07 Å². The predicted molar refractivity (Wildman–Crippen MR) is 120 cm³/mol. The van der Waals surface area contributed by atoms with E-state index < -0.39 is 0 Å². The molecule has 1 heterocycles. The molecule has 0 aliphatic carbocycles. The lowest BCUT2D eigenvalue weighted by molar-refractivity contribution is 0.164. The summed E-state index contributed by atoms with van der Waals surface area (Å²) >= 11 is 0. The first-order chi connectivity index (χ1) is 13.6. The highest BCUT2D eigenvalue weighted by Gasteiger charge is 2.03. The molecule has 1 aromatic rings. The van der Waals surface area contributed by atoms with Crippen LogP contribution in [-0.2, 0) is 6.42 Å². The van der Waals surface area contributed by atoms with Gasteiger partial charge in [0.1, 0.15) is 0 Å². The monoisotopic (exact) mass is 391 g/mol. The Balaban J connectivity index is 1.84. The van der Waals surface area contributed by atoms with Gasteiger partial charge in [0.15, 0.2) is 0 Å². The number of pyridine rings is 1. The average Bonchev–Trinajstić information content (AvgIpc) is 2.67. The Bertz CT molecular complexity index is 550. The van der Waals surface area contributed by atoms with Gasteiger partial charge in [-0.15, -0.1) is 0 Å². The number of aryl methyl sites for hydroxylation is 2. The van der Waals surface area contributed by atoms with Gasteiger partial charge in [0.2, 0.25) is 0 Å². The van der Waals surface area contributed by atoms with Crippen LogP contribution < -0.4 is 5.56 Å². The Morgan fingerprint density at radius 1 is 0.679 bits per heavy atom. The minimum absolute atomic E-state index is 0.318. The second-order valence-electron chi connectivity index (χ2n) is 8.58. The Kier molecular flexibility index (Phi) is 14.8. The molecule has 0 atom stereocenters. The molecular weight excluding hydrogens is 346 g/mol. The maximum atomic E-state index is 11.6. The third-order valence-electron chi connectivity index (χ3n) is 5.76. The minimum Gasteiger partial charge on any atom is -0.425 e. The fourth-order valence-corrected chi connectivity index (χ4v) is 3.97. The van der Waals surface area contributed by atoms with E-state index >= 15 is 0 Å². The third kappa shape index (κ3) is 12.3. The van der Waals surface area contributed by atoms with Crippen LogP contribution in [0.3, 0.4) is 0 Å². The van der Waals surface area contributed by atoms with Crippen molar-refractivity contribution in [2.24, 2.45) is 0 Å². The van der Waals surface area contributed by atoms with E-state index in [9.17, 15) is 10.0 Å². The molecule has 0 saturated carbocycles. The SMILES string of the molecule is CCCCCCCCCCCCCCCCCCCc1cc(C)cc(=O)n1O. The average molecular weight is 392 g/mol. The molecule has 0 aliphatic rings. The number of nitrogens with zero attached hydrogens (tertiary/aromatic N) is 1. The molecule has 0 bridgehead atoms. The van der Waals surface area contributed by atoms with Crippen LogP contribution in [0.4, 0.5) is 0 Å². The van der Waals surface area contributed by atoms with Crippen molar-refractivity contribution in [2.75, 3.05) is 0 Å². The van der Waals surface area contributed by atoms with Gasteiger partial charge in [-0.1, -0.05) is 110 Å². The lowest BCUT2D eigenvalue weighted by atomic mass is 10.0. The molecule has 0 fully saturated rings. The van der Waals surface area contributed by atoms with E-state index in [4.69, 9.17) is 0 Å². The smallest absolute Gasteiger partial charge is 0.283 e. The zero-order valence-corrected chi connectivity index (χ0v) is 18.7. The van der Waals surface area contributed by atoms with Gasteiger partial charge in [-0.25, -0.2) is 0 Å². The molecule has 0 aromatic carbocycles. The summed E-state index contributed by atoms with van der Waals surface area (Å²) in [7, 11) is 0. The quantitative estimate of drug-likeness (QED) is 0.207. The lowest BCUT2D eigenvalue weighted by Gasteiger charge is -2.07. The highest BCUT2D eigenvalue weighted by Crippen LogP contribution is 2.14. The fraction of sp³-hybridized carbons (Fsp3) is 0.800.